The largest absolute Gasteiger partial charge is 0.290 e. The molecule has 27 heavy (non-hydrogen) atoms. The molecule has 0 unspecified atom stereocenters. The number of benzene rings is 1. The van der Waals surface area contributed by atoms with E-state index < -0.39 is 10.0 Å². The zero-order valence-electron chi connectivity index (χ0n) is 15.2. The number of halogens is 1. The monoisotopic (exact) mass is 423 g/mol. The Balaban J connectivity index is 2.02. The molecule has 142 valence electrons. The minimum Gasteiger partial charge on any atom is -0.268 e. The first kappa shape index (κ1) is 19.6. The van der Waals surface area contributed by atoms with Gasteiger partial charge in [-0.2, -0.15) is 5.10 Å². The molecule has 3 aromatic rings. The Bertz CT molecular complexity index is 1130. The molecule has 1 aromatic carbocycles. The maximum atomic E-state index is 13.0. The van der Waals surface area contributed by atoms with Gasteiger partial charge in [-0.25, -0.2) is 13.1 Å². The van der Waals surface area contributed by atoms with Crippen molar-refractivity contribution in [1.29, 1.82) is 0 Å². The molecule has 0 atom stereocenters. The van der Waals surface area contributed by atoms with Crippen molar-refractivity contribution in [2.75, 3.05) is 11.4 Å². The quantitative estimate of drug-likeness (QED) is 0.634. The van der Waals surface area contributed by atoms with Gasteiger partial charge in [-0.15, -0.1) is 11.3 Å². The summed E-state index contributed by atoms with van der Waals surface area (Å²) in [4.78, 5) is 13.3. The maximum Gasteiger partial charge on any atom is 0.290 e. The molecule has 0 aliphatic heterocycles. The van der Waals surface area contributed by atoms with Crippen LogP contribution in [-0.2, 0) is 10.0 Å². The lowest BCUT2D eigenvalue weighted by molar-refractivity contribution is 0.0947. The Morgan fingerprint density at radius 3 is 2.48 bits per heavy atom. The van der Waals surface area contributed by atoms with Crippen molar-refractivity contribution in [2.45, 2.75) is 25.7 Å². The minimum absolute atomic E-state index is 0.0660. The van der Waals surface area contributed by atoms with E-state index in [0.717, 1.165) is 9.87 Å². The highest BCUT2D eigenvalue weighted by Gasteiger charge is 2.28. The van der Waals surface area contributed by atoms with Crippen molar-refractivity contribution in [3.63, 3.8) is 0 Å². The van der Waals surface area contributed by atoms with Crippen LogP contribution >= 0.6 is 22.9 Å². The number of carbonyl (C=O) groups is 1. The molecule has 0 amide bonds. The van der Waals surface area contributed by atoms with Crippen molar-refractivity contribution in [1.82, 2.24) is 9.78 Å². The number of carbonyl (C=O) groups excluding carboxylic acids is 1. The first-order valence-electron chi connectivity index (χ1n) is 8.03. The van der Waals surface area contributed by atoms with Crippen LogP contribution in [0.4, 0.5) is 5.69 Å². The molecule has 0 aliphatic carbocycles. The average Bonchev–Trinajstić information content (AvgIpc) is 3.22. The van der Waals surface area contributed by atoms with Gasteiger partial charge in [0.15, 0.2) is 0 Å². The highest BCUT2D eigenvalue weighted by molar-refractivity contribution is 7.92. The van der Waals surface area contributed by atoms with Crippen molar-refractivity contribution < 1.29 is 13.2 Å². The summed E-state index contributed by atoms with van der Waals surface area (Å²) in [7, 11) is -2.45. The topological polar surface area (TPSA) is 72.3 Å². The third-order valence-corrected chi connectivity index (χ3v) is 7.25. The number of hydrogen-bond acceptors (Lipinski definition) is 5. The molecule has 3 rings (SSSR count). The summed E-state index contributed by atoms with van der Waals surface area (Å²) in [5.74, 6) is -0.366. The third-order valence-electron chi connectivity index (χ3n) is 4.18. The van der Waals surface area contributed by atoms with Crippen molar-refractivity contribution in [3.8, 4) is 0 Å². The number of sulfonamides is 1. The second-order valence-electron chi connectivity index (χ2n) is 6.16. The van der Waals surface area contributed by atoms with Crippen molar-refractivity contribution in [2.24, 2.45) is 0 Å². The van der Waals surface area contributed by atoms with E-state index in [1.807, 2.05) is 0 Å². The van der Waals surface area contributed by atoms with Gasteiger partial charge in [0.25, 0.3) is 15.9 Å². The lowest BCUT2D eigenvalue weighted by atomic mass is 10.2. The van der Waals surface area contributed by atoms with Gasteiger partial charge >= 0.3 is 0 Å². The zero-order chi connectivity index (χ0) is 19.9. The van der Waals surface area contributed by atoms with Gasteiger partial charge in [-0.05, 0) is 56.0 Å². The molecule has 0 spiro atoms. The van der Waals surface area contributed by atoms with Crippen LogP contribution in [0.5, 0.6) is 0 Å². The summed E-state index contributed by atoms with van der Waals surface area (Å²) in [6, 6.07) is 7.97. The third kappa shape index (κ3) is 3.52. The van der Waals surface area contributed by atoms with E-state index in [1.165, 1.54) is 35.2 Å². The highest BCUT2D eigenvalue weighted by atomic mass is 35.5. The van der Waals surface area contributed by atoms with Crippen molar-refractivity contribution in [3.05, 3.63) is 62.6 Å². The number of aromatic nitrogens is 2. The van der Waals surface area contributed by atoms with E-state index >= 15 is 0 Å². The average molecular weight is 424 g/mol. The SMILES string of the molecule is Cc1cc(C)n(C(=O)c2sccc2N(C)S(=O)(=O)c2ccc(C)c(Cl)c2)n1. The zero-order valence-corrected chi connectivity index (χ0v) is 17.6. The molecule has 6 nitrogen and oxygen atoms in total. The fraction of sp³-hybridized carbons (Fsp3) is 0.222. The standard InChI is InChI=1S/C18H18ClN3O3S2/c1-11-5-6-14(10-15(11)19)27(24,25)21(4)16-7-8-26-17(16)18(23)22-13(3)9-12(2)20-22/h5-10H,1-4H3. The van der Waals surface area contributed by atoms with Gasteiger partial charge in [-0.1, -0.05) is 17.7 Å². The van der Waals surface area contributed by atoms with E-state index in [4.69, 9.17) is 11.6 Å². The van der Waals surface area contributed by atoms with Gasteiger partial charge < -0.3 is 0 Å². The van der Waals surface area contributed by atoms with E-state index in [0.29, 0.717) is 27.0 Å². The minimum atomic E-state index is -3.87. The summed E-state index contributed by atoms with van der Waals surface area (Å²) < 4.78 is 28.4. The normalized spacial score (nSPS) is 11.6. The first-order chi connectivity index (χ1) is 12.6. The predicted molar refractivity (Wildman–Crippen MR) is 108 cm³/mol. The van der Waals surface area contributed by atoms with Crippen LogP contribution < -0.4 is 4.31 Å². The van der Waals surface area contributed by atoms with Crippen LogP contribution in [0.1, 0.15) is 26.6 Å². The van der Waals surface area contributed by atoms with Gasteiger partial charge in [0.1, 0.15) is 4.88 Å². The molecule has 0 fully saturated rings. The van der Waals surface area contributed by atoms with Gasteiger partial charge in [0.2, 0.25) is 0 Å². The lowest BCUT2D eigenvalue weighted by Crippen LogP contribution is -2.28. The van der Waals surface area contributed by atoms with Crippen LogP contribution in [0.2, 0.25) is 5.02 Å². The summed E-state index contributed by atoms with van der Waals surface area (Å²) in [5.41, 5.74) is 2.49. The summed E-state index contributed by atoms with van der Waals surface area (Å²) in [6.45, 7) is 5.37. The van der Waals surface area contributed by atoms with Gasteiger partial charge in [0, 0.05) is 17.8 Å². The Morgan fingerprint density at radius 2 is 1.89 bits per heavy atom. The molecule has 0 saturated carbocycles. The maximum absolute atomic E-state index is 13.0. The molecule has 2 heterocycles. The first-order valence-corrected chi connectivity index (χ1v) is 10.7. The number of rotatable bonds is 4. The Hall–Kier alpha value is -2.16. The van der Waals surface area contributed by atoms with Crippen LogP contribution in [0.15, 0.2) is 40.6 Å². The molecule has 0 saturated heterocycles. The van der Waals surface area contributed by atoms with E-state index in [-0.39, 0.29) is 10.8 Å². The fourth-order valence-electron chi connectivity index (χ4n) is 2.66. The summed E-state index contributed by atoms with van der Waals surface area (Å²) in [5, 5.41) is 6.25. The molecular formula is C18H18ClN3O3S2. The van der Waals surface area contributed by atoms with Crippen LogP contribution in [0.25, 0.3) is 0 Å². The summed E-state index contributed by atoms with van der Waals surface area (Å²) in [6.07, 6.45) is 0. The molecule has 0 N–H and O–H groups in total. The number of anilines is 1. The second kappa shape index (κ2) is 7.10. The van der Waals surface area contributed by atoms with Crippen LogP contribution in [-0.4, -0.2) is 31.2 Å². The van der Waals surface area contributed by atoms with Gasteiger partial charge in [-0.3, -0.25) is 9.10 Å². The van der Waals surface area contributed by atoms with E-state index in [1.54, 1.807) is 44.4 Å². The van der Waals surface area contributed by atoms with Crippen molar-refractivity contribution >= 4 is 44.6 Å². The predicted octanol–water partition coefficient (Wildman–Crippen LogP) is 4.04. The lowest BCUT2D eigenvalue weighted by Gasteiger charge is -2.20. The molecule has 0 aliphatic rings. The van der Waals surface area contributed by atoms with Crippen LogP contribution in [0.3, 0.4) is 0 Å². The van der Waals surface area contributed by atoms with E-state index in [9.17, 15) is 13.2 Å². The highest BCUT2D eigenvalue weighted by Crippen LogP contribution is 2.31. The smallest absolute Gasteiger partial charge is 0.268 e. The van der Waals surface area contributed by atoms with E-state index in [2.05, 4.69) is 5.10 Å². The number of aryl methyl sites for hydroxylation is 3. The molecular weight excluding hydrogens is 406 g/mol. The van der Waals surface area contributed by atoms with Crippen LogP contribution in [0, 0.1) is 20.8 Å². The second-order valence-corrected chi connectivity index (χ2v) is 9.46. The molecule has 0 radical (unpaired) electrons. The van der Waals surface area contributed by atoms with Gasteiger partial charge in [0.05, 0.1) is 16.3 Å². The number of thiophene rings is 1. The Kier molecular flexibility index (Phi) is 5.16. The Labute approximate surface area is 167 Å². The number of nitrogens with zero attached hydrogens (tertiary/aromatic N) is 3. The number of hydrogen-bond donors (Lipinski definition) is 0. The fourth-order valence-corrected chi connectivity index (χ4v) is 5.05. The summed E-state index contributed by atoms with van der Waals surface area (Å²) >= 11 is 7.26. The molecule has 0 bridgehead atoms. The Morgan fingerprint density at radius 1 is 1.19 bits per heavy atom. The molecule has 2 aromatic heterocycles. The molecule has 9 heteroatoms.